The average Bonchev–Trinajstić information content (AvgIpc) is 2.56. The largest absolute Gasteiger partial charge is 0.618 e. The average molecular weight is 299 g/mol. The first-order valence-electron chi connectivity index (χ1n) is 7.77. The fourth-order valence-electron chi connectivity index (χ4n) is 3.27. The lowest BCUT2D eigenvalue weighted by Crippen LogP contribution is -2.33. The van der Waals surface area contributed by atoms with Gasteiger partial charge in [-0.1, -0.05) is 54.1 Å². The van der Waals surface area contributed by atoms with E-state index in [1.54, 1.807) is 0 Å². The quantitative estimate of drug-likeness (QED) is 0.362. The fraction of sp³-hybridized carbons (Fsp3) is 0.0952. The third kappa shape index (κ3) is 2.15. The minimum atomic E-state index is 0.714. The minimum Gasteiger partial charge on any atom is -0.618 e. The molecule has 0 aliphatic rings. The first-order valence-corrected chi connectivity index (χ1v) is 7.77. The summed E-state index contributed by atoms with van der Waals surface area (Å²) in [5, 5.41) is 17.2. The Hall–Kier alpha value is -2.87. The van der Waals surface area contributed by atoms with E-state index >= 15 is 0 Å². The van der Waals surface area contributed by atoms with Crippen molar-refractivity contribution in [3.8, 4) is 11.3 Å². The van der Waals surface area contributed by atoms with Crippen molar-refractivity contribution in [1.82, 2.24) is 0 Å². The van der Waals surface area contributed by atoms with Gasteiger partial charge in [-0.25, -0.2) is 0 Å². The van der Waals surface area contributed by atoms with Gasteiger partial charge in [-0.3, -0.25) is 0 Å². The van der Waals surface area contributed by atoms with E-state index in [9.17, 15) is 5.21 Å². The number of aryl methyl sites for hydroxylation is 2. The number of benzene rings is 3. The van der Waals surface area contributed by atoms with Crippen LogP contribution in [0.4, 0.5) is 0 Å². The highest BCUT2D eigenvalue weighted by Gasteiger charge is 2.18. The molecule has 0 unspecified atom stereocenters. The van der Waals surface area contributed by atoms with Crippen LogP contribution >= 0.6 is 0 Å². The van der Waals surface area contributed by atoms with Crippen molar-refractivity contribution in [3.05, 3.63) is 83.2 Å². The highest BCUT2D eigenvalue weighted by atomic mass is 16.5. The molecule has 0 amide bonds. The second kappa shape index (κ2) is 5.10. The van der Waals surface area contributed by atoms with Gasteiger partial charge in [0.1, 0.15) is 0 Å². The Labute approximate surface area is 135 Å². The minimum absolute atomic E-state index is 0.714. The van der Waals surface area contributed by atoms with Gasteiger partial charge in [0, 0.05) is 13.0 Å². The smallest absolute Gasteiger partial charge is 0.232 e. The number of hydrogen-bond donors (Lipinski definition) is 0. The van der Waals surface area contributed by atoms with Crippen molar-refractivity contribution in [2.75, 3.05) is 0 Å². The van der Waals surface area contributed by atoms with Crippen LogP contribution in [0.2, 0.25) is 0 Å². The maximum Gasteiger partial charge on any atom is 0.232 e. The van der Waals surface area contributed by atoms with Crippen LogP contribution in [0.15, 0.2) is 66.7 Å². The molecule has 23 heavy (non-hydrogen) atoms. The van der Waals surface area contributed by atoms with E-state index in [-0.39, 0.29) is 0 Å². The zero-order valence-corrected chi connectivity index (χ0v) is 13.2. The molecule has 3 aromatic carbocycles. The van der Waals surface area contributed by atoms with Crippen LogP contribution in [0, 0.1) is 19.1 Å². The molecule has 0 atom stereocenters. The molecule has 0 saturated carbocycles. The summed E-state index contributed by atoms with van der Waals surface area (Å²) in [4.78, 5) is 0. The van der Waals surface area contributed by atoms with Gasteiger partial charge in [-0.05, 0) is 35.2 Å². The van der Waals surface area contributed by atoms with Gasteiger partial charge in [-0.2, -0.15) is 4.73 Å². The van der Waals surface area contributed by atoms with E-state index in [2.05, 4.69) is 43.3 Å². The number of nitrogens with zero attached hydrogens (tertiary/aromatic N) is 1. The molecule has 1 heterocycles. The van der Waals surface area contributed by atoms with Crippen LogP contribution in [0.1, 0.15) is 11.3 Å². The Bertz CT molecular complexity index is 1050. The Morgan fingerprint density at radius 3 is 2.39 bits per heavy atom. The standard InChI is InChI=1S/C21H17NO/c1-14-10-11-19-17(12-14)13-15(2)22(23)21(19)20-9-5-7-16-6-3-4-8-18(16)20/h3-13H,1-2H3. The summed E-state index contributed by atoms with van der Waals surface area (Å²) in [6, 6.07) is 22.5. The van der Waals surface area contributed by atoms with Crippen LogP contribution in [0.25, 0.3) is 32.8 Å². The predicted molar refractivity (Wildman–Crippen MR) is 95.3 cm³/mol. The predicted octanol–water partition coefficient (Wildman–Crippen LogP) is 4.91. The summed E-state index contributed by atoms with van der Waals surface area (Å²) in [5.74, 6) is 0. The lowest BCUT2D eigenvalue weighted by Gasteiger charge is -2.13. The van der Waals surface area contributed by atoms with E-state index in [1.807, 2.05) is 37.3 Å². The van der Waals surface area contributed by atoms with Crippen molar-refractivity contribution in [2.24, 2.45) is 0 Å². The molecule has 0 fully saturated rings. The van der Waals surface area contributed by atoms with Crippen molar-refractivity contribution in [1.29, 1.82) is 0 Å². The van der Waals surface area contributed by atoms with Crippen molar-refractivity contribution in [2.45, 2.75) is 13.8 Å². The van der Waals surface area contributed by atoms with Crippen molar-refractivity contribution < 1.29 is 4.73 Å². The highest BCUT2D eigenvalue weighted by molar-refractivity contribution is 6.02. The Morgan fingerprint density at radius 2 is 1.52 bits per heavy atom. The normalized spacial score (nSPS) is 11.2. The lowest BCUT2D eigenvalue weighted by molar-refractivity contribution is -0.599. The molecular weight excluding hydrogens is 282 g/mol. The molecule has 0 bridgehead atoms. The van der Waals surface area contributed by atoms with Crippen LogP contribution in [-0.2, 0) is 0 Å². The second-order valence-corrected chi connectivity index (χ2v) is 6.05. The van der Waals surface area contributed by atoms with E-state index in [0.29, 0.717) is 5.69 Å². The number of pyridine rings is 1. The second-order valence-electron chi connectivity index (χ2n) is 6.05. The molecule has 0 spiro atoms. The molecule has 1 aromatic heterocycles. The summed E-state index contributed by atoms with van der Waals surface area (Å²) in [5.41, 5.74) is 3.63. The topological polar surface area (TPSA) is 26.9 Å². The zero-order valence-electron chi connectivity index (χ0n) is 13.2. The van der Waals surface area contributed by atoms with Gasteiger partial charge < -0.3 is 5.21 Å². The summed E-state index contributed by atoms with van der Waals surface area (Å²) in [6.07, 6.45) is 0. The van der Waals surface area contributed by atoms with Crippen molar-refractivity contribution >= 4 is 21.5 Å². The summed E-state index contributed by atoms with van der Waals surface area (Å²) in [7, 11) is 0. The Balaban J connectivity index is 2.18. The monoisotopic (exact) mass is 299 g/mol. The molecule has 0 aliphatic carbocycles. The SMILES string of the molecule is Cc1ccc2c(-c3cccc4ccccc34)[n+]([O-])c(C)cc2c1. The number of fused-ring (bicyclic) bond motifs is 2. The van der Waals surface area contributed by atoms with E-state index in [1.165, 1.54) is 5.56 Å². The van der Waals surface area contributed by atoms with Gasteiger partial charge in [0.25, 0.3) is 0 Å². The molecule has 0 saturated heterocycles. The number of hydrogen-bond acceptors (Lipinski definition) is 1. The first kappa shape index (κ1) is 13.8. The Morgan fingerprint density at radius 1 is 0.739 bits per heavy atom. The maximum atomic E-state index is 12.8. The summed E-state index contributed by atoms with van der Waals surface area (Å²) >= 11 is 0. The van der Waals surface area contributed by atoms with Gasteiger partial charge in [0.2, 0.25) is 5.69 Å². The van der Waals surface area contributed by atoms with E-state index < -0.39 is 0 Å². The van der Waals surface area contributed by atoms with Gasteiger partial charge in [-0.15, -0.1) is 0 Å². The van der Waals surface area contributed by atoms with Gasteiger partial charge in [0.15, 0.2) is 5.69 Å². The molecule has 4 aromatic rings. The molecular formula is C21H17NO. The van der Waals surface area contributed by atoms with Crippen molar-refractivity contribution in [3.63, 3.8) is 0 Å². The highest BCUT2D eigenvalue weighted by Crippen LogP contribution is 2.32. The number of aromatic nitrogens is 1. The maximum absolute atomic E-state index is 12.8. The molecule has 0 aliphatic heterocycles. The van der Waals surface area contributed by atoms with E-state index in [0.717, 1.165) is 37.5 Å². The van der Waals surface area contributed by atoms with Gasteiger partial charge in [0.05, 0.1) is 10.9 Å². The van der Waals surface area contributed by atoms with Crippen LogP contribution in [-0.4, -0.2) is 0 Å². The zero-order chi connectivity index (χ0) is 16.0. The molecule has 2 heteroatoms. The third-order valence-electron chi connectivity index (χ3n) is 4.39. The molecule has 0 radical (unpaired) electrons. The van der Waals surface area contributed by atoms with Crippen LogP contribution in [0.5, 0.6) is 0 Å². The van der Waals surface area contributed by atoms with Crippen LogP contribution in [0.3, 0.4) is 0 Å². The molecule has 0 N–H and O–H groups in total. The van der Waals surface area contributed by atoms with Crippen LogP contribution < -0.4 is 4.73 Å². The lowest BCUT2D eigenvalue weighted by atomic mass is 9.97. The fourth-order valence-corrected chi connectivity index (χ4v) is 3.27. The number of rotatable bonds is 1. The summed E-state index contributed by atoms with van der Waals surface area (Å²) in [6.45, 7) is 3.94. The Kier molecular flexibility index (Phi) is 3.05. The summed E-state index contributed by atoms with van der Waals surface area (Å²) < 4.78 is 1.05. The first-order chi connectivity index (χ1) is 11.1. The van der Waals surface area contributed by atoms with E-state index in [4.69, 9.17) is 0 Å². The third-order valence-corrected chi connectivity index (χ3v) is 4.39. The van der Waals surface area contributed by atoms with Gasteiger partial charge >= 0.3 is 0 Å². The molecule has 4 rings (SSSR count). The molecule has 2 nitrogen and oxygen atoms in total. The molecule has 112 valence electrons.